The molecule has 0 heterocycles. The molecule has 2 saturated carbocycles. The van der Waals surface area contributed by atoms with Crippen LogP contribution in [0.4, 0.5) is 0 Å². The second-order valence-corrected chi connectivity index (χ2v) is 14.1. The van der Waals surface area contributed by atoms with Gasteiger partial charge in [-0.3, -0.25) is 0 Å². The van der Waals surface area contributed by atoms with E-state index < -0.39 is 10.3 Å². The van der Waals surface area contributed by atoms with Gasteiger partial charge in [0.15, 0.2) is 9.79 Å². The summed E-state index contributed by atoms with van der Waals surface area (Å²) in [6.07, 6.45) is 10.2. The Kier molecular flexibility index (Phi) is 7.77. The molecular formula is C32H45O2S+. The minimum atomic E-state index is -0.489. The van der Waals surface area contributed by atoms with Gasteiger partial charge < -0.3 is 4.74 Å². The highest BCUT2D eigenvalue weighted by Crippen LogP contribution is 2.50. The summed E-state index contributed by atoms with van der Waals surface area (Å²) >= 11 is 0. The minimum Gasteiger partial charge on any atom is -0.455 e. The molecule has 2 fully saturated rings. The van der Waals surface area contributed by atoms with E-state index in [0.29, 0.717) is 5.92 Å². The zero-order valence-electron chi connectivity index (χ0n) is 23.1. The lowest BCUT2D eigenvalue weighted by atomic mass is 9.78. The van der Waals surface area contributed by atoms with Gasteiger partial charge in [0.25, 0.3) is 0 Å². The maximum atomic E-state index is 14.5. The van der Waals surface area contributed by atoms with Crippen molar-refractivity contribution in [2.24, 2.45) is 5.92 Å². The number of hydrogen-bond donors (Lipinski definition) is 0. The number of benzene rings is 2. The van der Waals surface area contributed by atoms with Gasteiger partial charge in [-0.15, -0.1) is 0 Å². The summed E-state index contributed by atoms with van der Waals surface area (Å²) in [5, 5.41) is 0. The van der Waals surface area contributed by atoms with Crippen molar-refractivity contribution in [2.75, 3.05) is 0 Å². The molecule has 2 aliphatic carbocycles. The second kappa shape index (κ2) is 10.3. The van der Waals surface area contributed by atoms with Crippen LogP contribution in [-0.2, 0) is 20.4 Å². The molecule has 2 aromatic carbocycles. The van der Waals surface area contributed by atoms with Gasteiger partial charge in [-0.2, -0.15) is 0 Å². The Hall–Kier alpha value is -1.74. The van der Waals surface area contributed by atoms with Crippen LogP contribution in [0.25, 0.3) is 0 Å². The lowest BCUT2D eigenvalue weighted by molar-refractivity contribution is -0.166. The maximum absolute atomic E-state index is 14.5. The van der Waals surface area contributed by atoms with Crippen molar-refractivity contribution >= 4 is 16.9 Å². The summed E-state index contributed by atoms with van der Waals surface area (Å²) in [5.74, 6) is 0.512. The fraction of sp³-hybridized carbons (Fsp3) is 0.594. The summed E-state index contributed by atoms with van der Waals surface area (Å²) < 4.78 is 6.13. The number of rotatable bonds is 6. The Morgan fingerprint density at radius 2 is 1.40 bits per heavy atom. The Morgan fingerprint density at radius 1 is 0.829 bits per heavy atom. The number of carbonyl (C=O) groups excluding carboxylic acids is 1. The van der Waals surface area contributed by atoms with Crippen LogP contribution in [-0.4, -0.2) is 16.3 Å². The van der Waals surface area contributed by atoms with Gasteiger partial charge in [-0.05, 0) is 86.1 Å². The molecule has 1 atom stereocenters. The summed E-state index contributed by atoms with van der Waals surface area (Å²) in [4.78, 5) is 17.1. The third kappa shape index (κ3) is 5.22. The fourth-order valence-corrected chi connectivity index (χ4v) is 9.97. The standard InChI is InChI=1S/C32H45O2S/c1-22-15-16-28(24(3)19-22)35(29-25(4)20-23(2)21-26(29)5)32(17-11-12-18-32)30(33)34-31(6,7)27-13-9-8-10-14-27/h15-16,19-21,27H,8-14,17-18H2,1-7H3/q+1. The molecule has 0 aliphatic heterocycles. The van der Waals surface area contributed by atoms with Crippen molar-refractivity contribution in [3.63, 3.8) is 0 Å². The molecule has 2 nitrogen and oxygen atoms in total. The van der Waals surface area contributed by atoms with Crippen LogP contribution in [0, 0.1) is 40.5 Å². The van der Waals surface area contributed by atoms with E-state index in [2.05, 4.69) is 78.8 Å². The monoisotopic (exact) mass is 493 g/mol. The van der Waals surface area contributed by atoms with Gasteiger partial charge >= 0.3 is 5.97 Å². The Balaban J connectivity index is 1.84. The molecule has 1 unspecified atom stereocenters. The van der Waals surface area contributed by atoms with E-state index in [1.165, 1.54) is 69.7 Å². The molecule has 0 bridgehead atoms. The first kappa shape index (κ1) is 26.3. The molecule has 190 valence electrons. The molecule has 4 rings (SSSR count). The lowest BCUT2D eigenvalue weighted by Gasteiger charge is -2.39. The van der Waals surface area contributed by atoms with Gasteiger partial charge in [0.2, 0.25) is 4.75 Å². The van der Waals surface area contributed by atoms with E-state index in [-0.39, 0.29) is 16.9 Å². The van der Waals surface area contributed by atoms with Gasteiger partial charge in [-0.1, -0.05) is 54.7 Å². The van der Waals surface area contributed by atoms with Crippen molar-refractivity contribution in [1.29, 1.82) is 0 Å². The van der Waals surface area contributed by atoms with Gasteiger partial charge in [0, 0.05) is 29.5 Å². The highest BCUT2D eigenvalue weighted by atomic mass is 32.2. The highest BCUT2D eigenvalue weighted by Gasteiger charge is 2.61. The average molecular weight is 494 g/mol. The zero-order chi connectivity index (χ0) is 25.4. The molecule has 35 heavy (non-hydrogen) atoms. The van der Waals surface area contributed by atoms with Gasteiger partial charge in [0.1, 0.15) is 5.60 Å². The molecule has 0 aromatic heterocycles. The van der Waals surface area contributed by atoms with E-state index in [0.717, 1.165) is 25.7 Å². The van der Waals surface area contributed by atoms with E-state index >= 15 is 0 Å². The van der Waals surface area contributed by atoms with E-state index in [4.69, 9.17) is 4.74 Å². The van der Waals surface area contributed by atoms with Crippen molar-refractivity contribution in [1.82, 2.24) is 0 Å². The minimum absolute atomic E-state index is 0.0493. The summed E-state index contributed by atoms with van der Waals surface area (Å²) in [7, 11) is -0.381. The van der Waals surface area contributed by atoms with Crippen LogP contribution in [0.2, 0.25) is 0 Å². The van der Waals surface area contributed by atoms with Crippen molar-refractivity contribution in [2.45, 2.75) is 126 Å². The average Bonchev–Trinajstić information content (AvgIpc) is 3.28. The van der Waals surface area contributed by atoms with Crippen LogP contribution < -0.4 is 0 Å². The van der Waals surface area contributed by atoms with Crippen LogP contribution in [0.15, 0.2) is 40.1 Å². The number of ether oxygens (including phenoxy) is 1. The molecule has 0 radical (unpaired) electrons. The fourth-order valence-electron chi connectivity index (χ4n) is 6.68. The predicted octanol–water partition coefficient (Wildman–Crippen LogP) is 8.48. The number of carbonyl (C=O) groups is 1. The van der Waals surface area contributed by atoms with Crippen LogP contribution in [0.5, 0.6) is 0 Å². The molecule has 3 heteroatoms. The smallest absolute Gasteiger partial charge is 0.364 e. The summed E-state index contributed by atoms with van der Waals surface area (Å²) in [5.41, 5.74) is 6.04. The topological polar surface area (TPSA) is 26.3 Å². The SMILES string of the molecule is Cc1ccc([S+](c2c(C)cc(C)cc2C)C2(C(=O)OC(C)(C)C3CCCCC3)CCCC2)c(C)c1. The first-order valence-electron chi connectivity index (χ1n) is 13.7. The predicted molar refractivity (Wildman–Crippen MR) is 148 cm³/mol. The molecule has 2 aliphatic rings. The number of esters is 1. The van der Waals surface area contributed by atoms with Crippen LogP contribution in [0.3, 0.4) is 0 Å². The van der Waals surface area contributed by atoms with Crippen molar-refractivity contribution < 1.29 is 9.53 Å². The third-order valence-corrected chi connectivity index (χ3v) is 11.8. The van der Waals surface area contributed by atoms with Crippen LogP contribution in [0.1, 0.15) is 99.5 Å². The van der Waals surface area contributed by atoms with Gasteiger partial charge in [0.05, 0.1) is 10.9 Å². The maximum Gasteiger partial charge on any atom is 0.364 e. The molecule has 2 aromatic rings. The molecule has 0 N–H and O–H groups in total. The largest absolute Gasteiger partial charge is 0.455 e. The van der Waals surface area contributed by atoms with E-state index in [9.17, 15) is 4.79 Å². The summed E-state index contributed by atoms with van der Waals surface area (Å²) in [6, 6.07) is 11.4. The van der Waals surface area contributed by atoms with Gasteiger partial charge in [-0.25, -0.2) is 4.79 Å². The first-order chi connectivity index (χ1) is 16.5. The Bertz CT molecular complexity index is 1050. The summed E-state index contributed by atoms with van der Waals surface area (Å²) in [6.45, 7) is 15.4. The Labute approximate surface area is 216 Å². The molecular weight excluding hydrogens is 448 g/mol. The van der Waals surface area contributed by atoms with Crippen LogP contribution >= 0.6 is 0 Å². The quantitative estimate of drug-likeness (QED) is 0.298. The zero-order valence-corrected chi connectivity index (χ0v) is 23.9. The number of hydrogen-bond acceptors (Lipinski definition) is 2. The number of aryl methyl sites for hydroxylation is 5. The highest BCUT2D eigenvalue weighted by molar-refractivity contribution is 7.99. The Morgan fingerprint density at radius 3 is 1.97 bits per heavy atom. The first-order valence-corrected chi connectivity index (χ1v) is 14.9. The normalized spacial score (nSPS) is 19.5. The van der Waals surface area contributed by atoms with Crippen molar-refractivity contribution in [3.05, 3.63) is 58.1 Å². The second-order valence-electron chi connectivity index (χ2n) is 11.8. The molecule has 0 spiro atoms. The van der Waals surface area contributed by atoms with E-state index in [1.54, 1.807) is 0 Å². The van der Waals surface area contributed by atoms with Crippen molar-refractivity contribution in [3.8, 4) is 0 Å². The molecule has 0 saturated heterocycles. The molecule has 0 amide bonds. The lowest BCUT2D eigenvalue weighted by Crippen LogP contribution is -2.50. The third-order valence-electron chi connectivity index (χ3n) is 8.48. The van der Waals surface area contributed by atoms with E-state index in [1.807, 2.05) is 0 Å².